The predicted molar refractivity (Wildman–Crippen MR) is 103 cm³/mol. The number of carbonyl (C=O) groups is 2. The lowest BCUT2D eigenvalue weighted by Gasteiger charge is -2.57. The van der Waals surface area contributed by atoms with Gasteiger partial charge in [-0.05, 0) is 31.4 Å². The number of ether oxygens (including phenoxy) is 2. The molecule has 4 atom stereocenters. The summed E-state index contributed by atoms with van der Waals surface area (Å²) < 4.78 is 10.9. The monoisotopic (exact) mass is 393 g/mol. The Morgan fingerprint density at radius 2 is 1.92 bits per heavy atom. The van der Waals surface area contributed by atoms with Gasteiger partial charge in [0.2, 0.25) is 5.91 Å². The van der Waals surface area contributed by atoms with Crippen molar-refractivity contribution in [3.05, 3.63) is 35.9 Å². The smallest absolute Gasteiger partial charge is 0.324 e. The molecule has 140 valence electrons. The number of hydrogen-bond donors (Lipinski definition) is 0. The van der Waals surface area contributed by atoms with E-state index >= 15 is 0 Å². The molecule has 1 amide bonds. The minimum atomic E-state index is -1.19. The highest BCUT2D eigenvalue weighted by atomic mass is 32.2. The third-order valence-electron chi connectivity index (χ3n) is 6.47. The maximum absolute atomic E-state index is 13.8. The first-order chi connectivity index (χ1) is 12.4. The molecule has 0 radical (unpaired) electrons. The number of hydrogen-bond acceptors (Lipinski definition) is 6. The molecule has 1 aromatic rings. The quantitative estimate of drug-likeness (QED) is 0.445. The number of rotatable bonds is 4. The summed E-state index contributed by atoms with van der Waals surface area (Å²) in [6.07, 6.45) is 4.67. The molecule has 2 heterocycles. The third kappa shape index (κ3) is 1.84. The fourth-order valence-electron chi connectivity index (χ4n) is 5.16. The first-order valence-corrected chi connectivity index (χ1v) is 11.1. The van der Waals surface area contributed by atoms with Gasteiger partial charge >= 0.3 is 5.97 Å². The average Bonchev–Trinajstić information content (AvgIpc) is 3.06. The Morgan fingerprint density at radius 1 is 1.27 bits per heavy atom. The number of esters is 1. The summed E-state index contributed by atoms with van der Waals surface area (Å²) >= 11 is 3.15. The van der Waals surface area contributed by atoms with Gasteiger partial charge in [-0.2, -0.15) is 0 Å². The van der Waals surface area contributed by atoms with E-state index in [1.807, 2.05) is 54.7 Å². The molecule has 1 aliphatic carbocycles. The van der Waals surface area contributed by atoms with Gasteiger partial charge in [0.25, 0.3) is 0 Å². The molecule has 0 spiro atoms. The van der Waals surface area contributed by atoms with E-state index in [1.54, 1.807) is 23.5 Å². The number of amides is 1. The first-order valence-electron chi connectivity index (χ1n) is 8.64. The molecule has 0 N–H and O–H groups in total. The van der Waals surface area contributed by atoms with Crippen LogP contribution in [0.5, 0.6) is 0 Å². The molecule has 2 aliphatic heterocycles. The predicted octanol–water partition coefficient (Wildman–Crippen LogP) is 2.92. The second-order valence-corrected chi connectivity index (χ2v) is 9.65. The minimum Gasteiger partial charge on any atom is -0.468 e. The van der Waals surface area contributed by atoms with E-state index in [1.165, 1.54) is 7.11 Å². The first kappa shape index (κ1) is 18.2. The second-order valence-electron chi connectivity index (χ2n) is 7.18. The minimum absolute atomic E-state index is 0.154. The van der Waals surface area contributed by atoms with Crippen LogP contribution in [0.4, 0.5) is 0 Å². The third-order valence-corrected chi connectivity index (χ3v) is 9.77. The Balaban J connectivity index is 1.85. The van der Waals surface area contributed by atoms with Crippen LogP contribution < -0.4 is 0 Å². The summed E-state index contributed by atoms with van der Waals surface area (Å²) in [5.41, 5.74) is -0.937. The van der Waals surface area contributed by atoms with Crippen LogP contribution in [0, 0.1) is 11.3 Å². The van der Waals surface area contributed by atoms with Crippen LogP contribution >= 0.6 is 23.5 Å². The van der Waals surface area contributed by atoms with Gasteiger partial charge in [0, 0.05) is 5.92 Å². The van der Waals surface area contributed by atoms with Crippen LogP contribution in [0.25, 0.3) is 0 Å². The van der Waals surface area contributed by atoms with Crippen LogP contribution in [0.1, 0.15) is 24.9 Å². The molecule has 0 bridgehead atoms. The van der Waals surface area contributed by atoms with Crippen molar-refractivity contribution in [2.24, 2.45) is 11.3 Å². The summed E-state index contributed by atoms with van der Waals surface area (Å²) in [7, 11) is 1.37. The maximum atomic E-state index is 13.8. The molecule has 4 rings (SSSR count). The number of nitrogens with zero attached hydrogens (tertiary/aromatic N) is 1. The lowest BCUT2D eigenvalue weighted by molar-refractivity contribution is -0.175. The van der Waals surface area contributed by atoms with Crippen LogP contribution in [0.15, 0.2) is 30.3 Å². The fraction of sp³-hybridized carbons (Fsp3) is 0.579. The van der Waals surface area contributed by atoms with Crippen molar-refractivity contribution >= 4 is 35.4 Å². The normalized spacial score (nSPS) is 37.1. The van der Waals surface area contributed by atoms with Crippen molar-refractivity contribution in [1.82, 2.24) is 4.90 Å². The zero-order chi connectivity index (χ0) is 18.7. The van der Waals surface area contributed by atoms with E-state index in [0.29, 0.717) is 6.61 Å². The van der Waals surface area contributed by atoms with Crippen molar-refractivity contribution in [2.75, 3.05) is 26.2 Å². The fourth-order valence-corrected chi connectivity index (χ4v) is 7.76. The summed E-state index contributed by atoms with van der Waals surface area (Å²) in [5, 5.41) is 0. The van der Waals surface area contributed by atoms with Gasteiger partial charge in [0.1, 0.15) is 5.72 Å². The molecule has 26 heavy (non-hydrogen) atoms. The lowest BCUT2D eigenvalue weighted by Crippen LogP contribution is -2.68. The molecule has 1 aromatic carbocycles. The molecule has 0 aromatic heterocycles. The number of methoxy groups -OCH3 is 1. The molecular formula is C19H23NO4S2. The molecule has 7 heteroatoms. The lowest BCUT2D eigenvalue weighted by atomic mass is 9.57. The van der Waals surface area contributed by atoms with Crippen molar-refractivity contribution in [3.8, 4) is 0 Å². The van der Waals surface area contributed by atoms with Gasteiger partial charge in [-0.15, -0.1) is 23.5 Å². The summed E-state index contributed by atoms with van der Waals surface area (Å²) in [6, 6.07) is 9.72. The second kappa shape index (κ2) is 5.91. The Bertz CT molecular complexity index is 753. The van der Waals surface area contributed by atoms with Gasteiger partial charge in [-0.3, -0.25) is 9.59 Å². The Kier molecular flexibility index (Phi) is 4.13. The Hall–Kier alpha value is -1.18. The maximum Gasteiger partial charge on any atom is 0.324 e. The van der Waals surface area contributed by atoms with Crippen molar-refractivity contribution in [1.29, 1.82) is 0 Å². The topological polar surface area (TPSA) is 55.8 Å². The molecule has 5 nitrogen and oxygen atoms in total. The largest absolute Gasteiger partial charge is 0.468 e. The molecule has 3 fully saturated rings. The molecule has 2 saturated heterocycles. The van der Waals surface area contributed by atoms with Gasteiger partial charge in [0.05, 0.1) is 23.8 Å². The highest BCUT2D eigenvalue weighted by molar-refractivity contribution is 8.17. The Labute approximate surface area is 162 Å². The van der Waals surface area contributed by atoms with Crippen LogP contribution in [0.3, 0.4) is 0 Å². The van der Waals surface area contributed by atoms with Crippen LogP contribution in [0.2, 0.25) is 0 Å². The zero-order valence-corrected chi connectivity index (χ0v) is 17.0. The number of carbonyl (C=O) groups excluding carboxylic acids is 2. The average molecular weight is 394 g/mol. The highest BCUT2D eigenvalue weighted by Gasteiger charge is 2.86. The van der Waals surface area contributed by atoms with Crippen LogP contribution in [-0.2, 0) is 19.1 Å². The highest BCUT2D eigenvalue weighted by Crippen LogP contribution is 2.75. The van der Waals surface area contributed by atoms with Crippen molar-refractivity contribution in [3.63, 3.8) is 0 Å². The van der Waals surface area contributed by atoms with E-state index in [-0.39, 0.29) is 17.9 Å². The van der Waals surface area contributed by atoms with E-state index in [4.69, 9.17) is 9.47 Å². The van der Waals surface area contributed by atoms with E-state index < -0.39 is 21.2 Å². The van der Waals surface area contributed by atoms with Gasteiger partial charge in [-0.25, -0.2) is 0 Å². The molecule has 1 saturated carbocycles. The Morgan fingerprint density at radius 3 is 2.50 bits per heavy atom. The van der Waals surface area contributed by atoms with Crippen LogP contribution in [-0.4, -0.2) is 52.8 Å². The van der Waals surface area contributed by atoms with E-state index in [2.05, 4.69) is 0 Å². The van der Waals surface area contributed by atoms with Crippen molar-refractivity contribution < 1.29 is 19.1 Å². The van der Waals surface area contributed by atoms with Crippen molar-refractivity contribution in [2.45, 2.75) is 29.2 Å². The molecular weight excluding hydrogens is 370 g/mol. The zero-order valence-electron chi connectivity index (χ0n) is 15.4. The number of benzene rings is 1. The summed E-state index contributed by atoms with van der Waals surface area (Å²) in [6.45, 7) is 2.40. The van der Waals surface area contributed by atoms with E-state index in [0.717, 1.165) is 12.0 Å². The van der Waals surface area contributed by atoms with Gasteiger partial charge in [-0.1, -0.05) is 30.3 Å². The van der Waals surface area contributed by atoms with Gasteiger partial charge < -0.3 is 14.4 Å². The SMILES string of the molecule is COC(=O)[C@@]12C(=O)N3[C@@H](c4ccccc4)CO[C@]3(C)[C@@H]1CC2(SC)SC. The molecule has 3 aliphatic rings. The van der Waals surface area contributed by atoms with E-state index in [9.17, 15) is 9.59 Å². The number of fused-ring (bicyclic) bond motifs is 3. The number of thioether (sulfide) groups is 2. The van der Waals surface area contributed by atoms with Gasteiger partial charge in [0.15, 0.2) is 5.41 Å². The summed E-state index contributed by atoms with van der Waals surface area (Å²) in [4.78, 5) is 28.6. The molecule has 0 unspecified atom stereocenters. The standard InChI is InChI=1S/C19H23NO4S2/c1-17-14-10-18(25-3,26-4)19(14,16(22)23-2)15(21)20(17)13(11-24-17)12-8-6-5-7-9-12/h5-9,13-14H,10-11H2,1-4H3/t13-,14+,17-,19+/m1/s1. The summed E-state index contributed by atoms with van der Waals surface area (Å²) in [5.74, 6) is -0.796.